The molecule has 0 unspecified atom stereocenters. The van der Waals surface area contributed by atoms with Crippen LogP contribution in [0.4, 0.5) is 0 Å². The normalized spacial score (nSPS) is 10.6. The summed E-state index contributed by atoms with van der Waals surface area (Å²) in [6, 6.07) is 2.08. The number of hydrogen-bond donors (Lipinski definition) is 1. The minimum Gasteiger partial charge on any atom is -0.385 e. The van der Waals surface area contributed by atoms with E-state index in [2.05, 4.69) is 35.0 Å². The molecule has 0 fully saturated rings. The van der Waals surface area contributed by atoms with E-state index in [-0.39, 0.29) is 12.4 Å². The second kappa shape index (κ2) is 9.45. The average Bonchev–Trinajstić information content (AvgIpc) is 2.64. The molecule has 1 rings (SSSR count). The van der Waals surface area contributed by atoms with Gasteiger partial charge in [-0.3, -0.25) is 4.68 Å². The molecule has 0 spiro atoms. The van der Waals surface area contributed by atoms with Crippen LogP contribution in [-0.4, -0.2) is 30.0 Å². The van der Waals surface area contributed by atoms with Crippen molar-refractivity contribution in [3.05, 3.63) is 18.0 Å². The Morgan fingerprint density at radius 3 is 2.88 bits per heavy atom. The van der Waals surface area contributed by atoms with Gasteiger partial charge in [-0.2, -0.15) is 5.10 Å². The Bertz CT molecular complexity index is 289. The first-order chi connectivity index (χ1) is 7.74. The van der Waals surface area contributed by atoms with E-state index in [0.717, 1.165) is 32.7 Å². The first-order valence-electron chi connectivity index (χ1n) is 5.94. The van der Waals surface area contributed by atoms with E-state index in [1.54, 1.807) is 7.11 Å². The van der Waals surface area contributed by atoms with Gasteiger partial charge in [-0.05, 0) is 24.9 Å². The number of rotatable bonds is 8. The second-order valence-electron chi connectivity index (χ2n) is 4.42. The molecule has 1 aromatic rings. The smallest absolute Gasteiger partial charge is 0.0522 e. The highest BCUT2D eigenvalue weighted by Gasteiger charge is 2.03. The molecule has 0 bridgehead atoms. The zero-order valence-electron chi connectivity index (χ0n) is 11.0. The Hall–Kier alpha value is -0.580. The molecule has 1 N–H and O–H groups in total. The van der Waals surface area contributed by atoms with Gasteiger partial charge in [-0.25, -0.2) is 0 Å². The number of halogens is 1. The average molecular weight is 262 g/mol. The van der Waals surface area contributed by atoms with Gasteiger partial charge in [0.1, 0.15) is 0 Å². The summed E-state index contributed by atoms with van der Waals surface area (Å²) in [4.78, 5) is 0. The van der Waals surface area contributed by atoms with E-state index in [1.165, 1.54) is 5.69 Å². The van der Waals surface area contributed by atoms with Crippen LogP contribution in [0.15, 0.2) is 12.3 Å². The van der Waals surface area contributed by atoms with Crippen LogP contribution in [0.25, 0.3) is 0 Å². The summed E-state index contributed by atoms with van der Waals surface area (Å²) in [6.07, 6.45) is 2.92. The maximum Gasteiger partial charge on any atom is 0.0522 e. The van der Waals surface area contributed by atoms with E-state index in [9.17, 15) is 0 Å². The summed E-state index contributed by atoms with van der Waals surface area (Å²) in [5, 5.41) is 7.72. The molecular formula is C12H24ClN3O. The highest BCUT2D eigenvalue weighted by atomic mass is 35.5. The van der Waals surface area contributed by atoms with Crippen LogP contribution >= 0.6 is 12.4 Å². The van der Waals surface area contributed by atoms with Gasteiger partial charge in [-0.1, -0.05) is 13.8 Å². The first-order valence-corrected chi connectivity index (χ1v) is 5.94. The quantitative estimate of drug-likeness (QED) is 0.729. The van der Waals surface area contributed by atoms with Crippen LogP contribution in [0.3, 0.4) is 0 Å². The van der Waals surface area contributed by atoms with E-state index in [0.29, 0.717) is 5.92 Å². The molecule has 0 saturated carbocycles. The third-order valence-corrected chi connectivity index (χ3v) is 2.35. The summed E-state index contributed by atoms with van der Waals surface area (Å²) < 4.78 is 7.08. The standard InChI is InChI=1S/C12H23N3O.ClH/c1-11(2)10-15-12(5-7-14-15)9-13-6-4-8-16-3;/h5,7,11,13H,4,6,8-10H2,1-3H3;1H. The zero-order chi connectivity index (χ0) is 11.8. The summed E-state index contributed by atoms with van der Waals surface area (Å²) >= 11 is 0. The highest BCUT2D eigenvalue weighted by molar-refractivity contribution is 5.85. The molecule has 17 heavy (non-hydrogen) atoms. The van der Waals surface area contributed by atoms with Gasteiger partial charge in [0.2, 0.25) is 0 Å². The van der Waals surface area contributed by atoms with Crippen LogP contribution in [0.1, 0.15) is 26.0 Å². The van der Waals surface area contributed by atoms with Crippen LogP contribution in [-0.2, 0) is 17.8 Å². The molecule has 5 heteroatoms. The largest absolute Gasteiger partial charge is 0.385 e. The Kier molecular flexibility index (Phi) is 9.13. The predicted molar refractivity (Wildman–Crippen MR) is 72.5 cm³/mol. The lowest BCUT2D eigenvalue weighted by molar-refractivity contribution is 0.194. The van der Waals surface area contributed by atoms with Gasteiger partial charge in [0.25, 0.3) is 0 Å². The van der Waals surface area contributed by atoms with Crippen molar-refractivity contribution in [3.63, 3.8) is 0 Å². The van der Waals surface area contributed by atoms with Crippen molar-refractivity contribution in [3.8, 4) is 0 Å². The van der Waals surface area contributed by atoms with Crippen molar-refractivity contribution in [2.24, 2.45) is 5.92 Å². The SMILES string of the molecule is COCCCNCc1ccnn1CC(C)C.Cl. The van der Waals surface area contributed by atoms with Gasteiger partial charge >= 0.3 is 0 Å². The fourth-order valence-electron chi connectivity index (χ4n) is 1.58. The Morgan fingerprint density at radius 1 is 1.47 bits per heavy atom. The lowest BCUT2D eigenvalue weighted by Gasteiger charge is -2.10. The second-order valence-corrected chi connectivity index (χ2v) is 4.42. The minimum atomic E-state index is 0. The van der Waals surface area contributed by atoms with Crippen LogP contribution in [0, 0.1) is 5.92 Å². The molecular weight excluding hydrogens is 238 g/mol. The van der Waals surface area contributed by atoms with Gasteiger partial charge in [0, 0.05) is 33.0 Å². The van der Waals surface area contributed by atoms with Crippen LogP contribution < -0.4 is 5.32 Å². The Labute approximate surface area is 110 Å². The van der Waals surface area contributed by atoms with E-state index in [4.69, 9.17) is 4.74 Å². The number of aromatic nitrogens is 2. The van der Waals surface area contributed by atoms with Gasteiger partial charge in [-0.15, -0.1) is 12.4 Å². The van der Waals surface area contributed by atoms with Crippen molar-refractivity contribution < 1.29 is 4.74 Å². The monoisotopic (exact) mass is 261 g/mol. The Morgan fingerprint density at radius 2 is 2.24 bits per heavy atom. The van der Waals surface area contributed by atoms with Gasteiger partial charge in [0.05, 0.1) is 5.69 Å². The molecule has 1 aromatic heterocycles. The third kappa shape index (κ3) is 6.66. The molecule has 0 aromatic carbocycles. The van der Waals surface area contributed by atoms with E-state index < -0.39 is 0 Å². The number of nitrogens with zero attached hydrogens (tertiary/aromatic N) is 2. The summed E-state index contributed by atoms with van der Waals surface area (Å²) in [7, 11) is 1.73. The zero-order valence-corrected chi connectivity index (χ0v) is 11.8. The summed E-state index contributed by atoms with van der Waals surface area (Å²) in [5.41, 5.74) is 1.26. The van der Waals surface area contributed by atoms with Crippen molar-refractivity contribution in [1.29, 1.82) is 0 Å². The molecule has 0 saturated heterocycles. The highest BCUT2D eigenvalue weighted by Crippen LogP contribution is 2.03. The molecule has 4 nitrogen and oxygen atoms in total. The van der Waals surface area contributed by atoms with E-state index >= 15 is 0 Å². The Balaban J connectivity index is 0.00000256. The number of methoxy groups -OCH3 is 1. The van der Waals surface area contributed by atoms with Crippen LogP contribution in [0.2, 0.25) is 0 Å². The molecule has 100 valence electrons. The van der Waals surface area contributed by atoms with E-state index in [1.807, 2.05) is 6.20 Å². The minimum absolute atomic E-state index is 0. The summed E-state index contributed by atoms with van der Waals surface area (Å²) in [6.45, 7) is 8.09. The molecule has 0 aliphatic carbocycles. The molecule has 0 aliphatic rings. The molecule has 0 aliphatic heterocycles. The summed E-state index contributed by atoms with van der Waals surface area (Å²) in [5.74, 6) is 0.632. The number of ether oxygens (including phenoxy) is 1. The fourth-order valence-corrected chi connectivity index (χ4v) is 1.58. The predicted octanol–water partition coefficient (Wildman–Crippen LogP) is 2.09. The number of hydrogen-bond acceptors (Lipinski definition) is 3. The molecule has 0 atom stereocenters. The lowest BCUT2D eigenvalue weighted by atomic mass is 10.2. The topological polar surface area (TPSA) is 39.1 Å². The van der Waals surface area contributed by atoms with Gasteiger partial charge in [0.15, 0.2) is 0 Å². The van der Waals surface area contributed by atoms with Crippen molar-refractivity contribution in [1.82, 2.24) is 15.1 Å². The van der Waals surface area contributed by atoms with Crippen molar-refractivity contribution in [2.75, 3.05) is 20.3 Å². The molecule has 0 amide bonds. The van der Waals surface area contributed by atoms with Gasteiger partial charge < -0.3 is 10.1 Å². The van der Waals surface area contributed by atoms with Crippen molar-refractivity contribution in [2.45, 2.75) is 33.4 Å². The molecule has 0 radical (unpaired) electrons. The lowest BCUT2D eigenvalue weighted by Crippen LogP contribution is -2.19. The maximum absolute atomic E-state index is 5.00. The number of nitrogens with one attached hydrogen (secondary N) is 1. The van der Waals surface area contributed by atoms with Crippen LogP contribution in [0.5, 0.6) is 0 Å². The first kappa shape index (κ1) is 16.4. The maximum atomic E-state index is 5.00. The fraction of sp³-hybridized carbons (Fsp3) is 0.750. The van der Waals surface area contributed by atoms with Crippen molar-refractivity contribution >= 4 is 12.4 Å². The molecule has 1 heterocycles. The third-order valence-electron chi connectivity index (χ3n) is 2.35.